The van der Waals surface area contributed by atoms with Gasteiger partial charge in [0.05, 0.1) is 4.90 Å². The highest BCUT2D eigenvalue weighted by Crippen LogP contribution is 2.29. The maximum Gasteiger partial charge on any atom is 0.241 e. The van der Waals surface area contributed by atoms with Crippen molar-refractivity contribution in [3.63, 3.8) is 0 Å². The predicted molar refractivity (Wildman–Crippen MR) is 114 cm³/mol. The number of sulfonamides is 1. The van der Waals surface area contributed by atoms with Crippen molar-refractivity contribution in [3.05, 3.63) is 76.8 Å². The number of hydrogen-bond donors (Lipinski definition) is 1. The van der Waals surface area contributed by atoms with Crippen molar-refractivity contribution in [2.75, 3.05) is 19.6 Å². The largest absolute Gasteiger partial charge is 0.299 e. The van der Waals surface area contributed by atoms with E-state index in [0.29, 0.717) is 17.0 Å². The van der Waals surface area contributed by atoms with Gasteiger partial charge in [-0.2, -0.15) is 0 Å². The van der Waals surface area contributed by atoms with Crippen LogP contribution in [0, 0.1) is 0 Å². The number of rotatable bonds is 6. The minimum atomic E-state index is -3.58. The predicted octanol–water partition coefficient (Wildman–Crippen LogP) is 4.22. The van der Waals surface area contributed by atoms with Gasteiger partial charge < -0.3 is 0 Å². The third-order valence-corrected chi connectivity index (χ3v) is 7.12. The summed E-state index contributed by atoms with van der Waals surface area (Å²) in [4.78, 5) is 2.66. The van der Waals surface area contributed by atoms with E-state index in [-0.39, 0.29) is 4.90 Å². The minimum absolute atomic E-state index is 0.277. The summed E-state index contributed by atoms with van der Waals surface area (Å²) in [7, 11) is -3.58. The molecule has 0 aromatic heterocycles. The Bertz CT molecular complexity index is 1100. The van der Waals surface area contributed by atoms with Gasteiger partial charge in [0.25, 0.3) is 0 Å². The van der Waals surface area contributed by atoms with Crippen LogP contribution in [0.1, 0.15) is 17.5 Å². The van der Waals surface area contributed by atoms with Crippen LogP contribution < -0.4 is 4.72 Å². The fraction of sp³-hybridized carbons (Fsp3) is 0.273. The molecule has 0 aliphatic carbocycles. The molecule has 0 atom stereocenters. The standard InChI is InChI=1S/C22H23ClN2O2S/c23-21-10-11-22(20-9-4-3-8-19(20)21)28(26,27)24-13-5-14-25-15-12-17-6-1-2-7-18(17)16-25/h1-4,6-11,24H,5,12-16H2. The third-order valence-electron chi connectivity index (χ3n) is 5.27. The lowest BCUT2D eigenvalue weighted by molar-refractivity contribution is 0.251. The Morgan fingerprint density at radius 2 is 1.64 bits per heavy atom. The molecule has 0 radical (unpaired) electrons. The lowest BCUT2D eigenvalue weighted by atomic mass is 10.00. The summed E-state index contributed by atoms with van der Waals surface area (Å²) < 4.78 is 28.4. The maximum atomic E-state index is 12.8. The van der Waals surface area contributed by atoms with E-state index in [1.54, 1.807) is 18.2 Å². The molecule has 6 heteroatoms. The molecule has 0 spiro atoms. The minimum Gasteiger partial charge on any atom is -0.299 e. The van der Waals surface area contributed by atoms with Gasteiger partial charge in [-0.25, -0.2) is 13.1 Å². The second-order valence-electron chi connectivity index (χ2n) is 7.14. The molecule has 4 nitrogen and oxygen atoms in total. The van der Waals surface area contributed by atoms with Gasteiger partial charge in [0.2, 0.25) is 10.0 Å². The average Bonchev–Trinajstić information content (AvgIpc) is 2.71. The van der Waals surface area contributed by atoms with E-state index in [1.165, 1.54) is 11.1 Å². The topological polar surface area (TPSA) is 49.4 Å². The maximum absolute atomic E-state index is 12.8. The molecule has 0 unspecified atom stereocenters. The van der Waals surface area contributed by atoms with Crippen LogP contribution >= 0.6 is 11.6 Å². The van der Waals surface area contributed by atoms with E-state index >= 15 is 0 Å². The monoisotopic (exact) mass is 414 g/mol. The Morgan fingerprint density at radius 1 is 0.929 bits per heavy atom. The Morgan fingerprint density at radius 3 is 2.46 bits per heavy atom. The Hall–Kier alpha value is -1.92. The summed E-state index contributed by atoms with van der Waals surface area (Å²) in [5, 5.41) is 1.95. The average molecular weight is 415 g/mol. The van der Waals surface area contributed by atoms with Gasteiger partial charge in [0, 0.05) is 35.4 Å². The number of nitrogens with zero attached hydrogens (tertiary/aromatic N) is 1. The number of benzene rings is 3. The van der Waals surface area contributed by atoms with Crippen LogP contribution in [0.25, 0.3) is 10.8 Å². The summed E-state index contributed by atoms with van der Waals surface area (Å²) in [6.45, 7) is 3.24. The van der Waals surface area contributed by atoms with E-state index < -0.39 is 10.0 Å². The molecular formula is C22H23ClN2O2S. The second-order valence-corrected chi connectivity index (χ2v) is 9.28. The van der Waals surface area contributed by atoms with Gasteiger partial charge in [0.15, 0.2) is 0 Å². The van der Waals surface area contributed by atoms with Crippen molar-refractivity contribution in [3.8, 4) is 0 Å². The van der Waals surface area contributed by atoms with E-state index in [0.717, 1.165) is 37.9 Å². The van der Waals surface area contributed by atoms with Crippen LogP contribution in [0.2, 0.25) is 5.02 Å². The SMILES string of the molecule is O=S(=O)(NCCCN1CCc2ccccc2C1)c1ccc(Cl)c2ccccc12. The van der Waals surface area contributed by atoms with Gasteiger partial charge in [-0.1, -0.05) is 60.1 Å². The van der Waals surface area contributed by atoms with Gasteiger partial charge in [0.1, 0.15) is 0 Å². The fourth-order valence-corrected chi connectivity index (χ4v) is 5.31. The van der Waals surface area contributed by atoms with Crippen molar-refractivity contribution in [2.24, 2.45) is 0 Å². The Balaban J connectivity index is 1.37. The lowest BCUT2D eigenvalue weighted by Crippen LogP contribution is -2.33. The summed E-state index contributed by atoms with van der Waals surface area (Å²) in [5.74, 6) is 0. The second kappa shape index (κ2) is 8.21. The van der Waals surface area contributed by atoms with Crippen LogP contribution in [0.5, 0.6) is 0 Å². The fourth-order valence-electron chi connectivity index (χ4n) is 3.80. The molecule has 0 saturated heterocycles. The number of nitrogens with one attached hydrogen (secondary N) is 1. The lowest BCUT2D eigenvalue weighted by Gasteiger charge is -2.28. The number of hydrogen-bond acceptors (Lipinski definition) is 3. The number of halogens is 1. The van der Waals surface area contributed by atoms with Crippen molar-refractivity contribution >= 4 is 32.4 Å². The highest BCUT2D eigenvalue weighted by molar-refractivity contribution is 7.89. The Labute approximate surface area is 171 Å². The molecule has 0 amide bonds. The quantitative estimate of drug-likeness (QED) is 0.614. The summed E-state index contributed by atoms with van der Waals surface area (Å²) >= 11 is 6.21. The van der Waals surface area contributed by atoms with Crippen LogP contribution in [0.15, 0.2) is 65.6 Å². The van der Waals surface area contributed by atoms with Gasteiger partial charge in [-0.3, -0.25) is 4.90 Å². The zero-order valence-electron chi connectivity index (χ0n) is 15.6. The van der Waals surface area contributed by atoms with Gasteiger partial charge in [-0.05, 0) is 42.6 Å². The summed E-state index contributed by atoms with van der Waals surface area (Å²) in [6, 6.07) is 19.1. The van der Waals surface area contributed by atoms with Crippen LogP contribution in [-0.2, 0) is 23.0 Å². The van der Waals surface area contributed by atoms with Crippen LogP contribution in [0.4, 0.5) is 0 Å². The van der Waals surface area contributed by atoms with Crippen LogP contribution in [-0.4, -0.2) is 33.0 Å². The molecule has 3 aromatic carbocycles. The molecule has 1 N–H and O–H groups in total. The molecule has 3 aromatic rings. The molecule has 0 fully saturated rings. The summed E-state index contributed by atoms with van der Waals surface area (Å²) in [6.07, 6.45) is 1.82. The van der Waals surface area contributed by atoms with E-state index in [9.17, 15) is 8.42 Å². The first-order valence-corrected chi connectivity index (χ1v) is 11.4. The van der Waals surface area contributed by atoms with Crippen molar-refractivity contribution in [1.82, 2.24) is 9.62 Å². The van der Waals surface area contributed by atoms with Crippen molar-refractivity contribution in [2.45, 2.75) is 24.3 Å². The third kappa shape index (κ3) is 4.08. The van der Waals surface area contributed by atoms with E-state index in [2.05, 4.69) is 33.9 Å². The number of fused-ring (bicyclic) bond motifs is 2. The van der Waals surface area contributed by atoms with Crippen LogP contribution in [0.3, 0.4) is 0 Å². The molecule has 1 aliphatic rings. The highest BCUT2D eigenvalue weighted by atomic mass is 35.5. The molecule has 4 rings (SSSR count). The molecule has 0 saturated carbocycles. The van der Waals surface area contributed by atoms with Gasteiger partial charge >= 0.3 is 0 Å². The smallest absolute Gasteiger partial charge is 0.241 e. The van der Waals surface area contributed by atoms with E-state index in [4.69, 9.17) is 11.6 Å². The normalized spacial score (nSPS) is 14.9. The molecule has 28 heavy (non-hydrogen) atoms. The first-order valence-electron chi connectivity index (χ1n) is 9.51. The van der Waals surface area contributed by atoms with Gasteiger partial charge in [-0.15, -0.1) is 0 Å². The molecule has 0 bridgehead atoms. The molecule has 1 heterocycles. The zero-order chi connectivity index (χ0) is 19.6. The summed E-state index contributed by atoms with van der Waals surface area (Å²) in [5.41, 5.74) is 2.80. The Kier molecular flexibility index (Phi) is 5.69. The highest BCUT2D eigenvalue weighted by Gasteiger charge is 2.19. The first kappa shape index (κ1) is 19.4. The first-order chi connectivity index (χ1) is 13.5. The molecule has 1 aliphatic heterocycles. The molecular weight excluding hydrogens is 392 g/mol. The molecule has 146 valence electrons. The van der Waals surface area contributed by atoms with E-state index in [1.807, 2.05) is 18.2 Å². The zero-order valence-corrected chi connectivity index (χ0v) is 17.1. The van der Waals surface area contributed by atoms with Crippen molar-refractivity contribution < 1.29 is 8.42 Å². The van der Waals surface area contributed by atoms with Crippen molar-refractivity contribution in [1.29, 1.82) is 0 Å².